The highest BCUT2D eigenvalue weighted by atomic mass is 16.5. The molecule has 9 nitrogen and oxygen atoms in total. The van der Waals surface area contributed by atoms with E-state index in [-0.39, 0.29) is 11.7 Å². The predicted octanol–water partition coefficient (Wildman–Crippen LogP) is 5.10. The number of hydrogen-bond acceptors (Lipinski definition) is 8. The minimum atomic E-state index is -0.277. The SMILES string of the molecule is CCc1cccc(CC)c1NC(=O)c1onc2c1CCc1cnc(Nc3ccc(N4CCN(C)CC4)cc3)nc1-2. The van der Waals surface area contributed by atoms with Crippen molar-refractivity contribution in [2.24, 2.45) is 0 Å². The number of aromatic nitrogens is 3. The molecule has 0 bridgehead atoms. The third kappa shape index (κ3) is 5.04. The first-order valence-corrected chi connectivity index (χ1v) is 14.1. The largest absolute Gasteiger partial charge is 0.369 e. The maximum absolute atomic E-state index is 13.4. The molecule has 6 rings (SSSR count). The van der Waals surface area contributed by atoms with E-state index in [1.54, 1.807) is 0 Å². The molecular weight excluding hydrogens is 502 g/mol. The number of rotatable bonds is 7. The fraction of sp³-hybridized carbons (Fsp3) is 0.355. The Labute approximate surface area is 234 Å². The highest BCUT2D eigenvalue weighted by molar-refractivity contribution is 6.05. The monoisotopic (exact) mass is 537 g/mol. The molecule has 1 fully saturated rings. The summed E-state index contributed by atoms with van der Waals surface area (Å²) in [7, 11) is 2.16. The molecule has 0 spiro atoms. The molecule has 2 aromatic heterocycles. The van der Waals surface area contributed by atoms with E-state index in [2.05, 4.69) is 75.7 Å². The number of benzene rings is 2. The van der Waals surface area contributed by atoms with Gasteiger partial charge < -0.3 is 25.0 Å². The van der Waals surface area contributed by atoms with Crippen molar-refractivity contribution >= 4 is 28.9 Å². The molecule has 1 aliphatic heterocycles. The minimum absolute atomic E-state index is 0.251. The van der Waals surface area contributed by atoms with Gasteiger partial charge in [-0.25, -0.2) is 9.97 Å². The number of nitrogens with zero attached hydrogens (tertiary/aromatic N) is 5. The van der Waals surface area contributed by atoms with Crippen molar-refractivity contribution in [1.82, 2.24) is 20.0 Å². The van der Waals surface area contributed by atoms with E-state index in [9.17, 15) is 4.79 Å². The van der Waals surface area contributed by atoms with Gasteiger partial charge in [0.2, 0.25) is 11.7 Å². The third-order valence-electron chi connectivity index (χ3n) is 7.96. The Kier molecular flexibility index (Phi) is 7.21. The molecule has 0 saturated carbocycles. The van der Waals surface area contributed by atoms with Crippen LogP contribution in [-0.2, 0) is 25.7 Å². The molecule has 9 heteroatoms. The van der Waals surface area contributed by atoms with Crippen LogP contribution in [0.2, 0.25) is 0 Å². The summed E-state index contributed by atoms with van der Waals surface area (Å²) in [6.45, 7) is 8.38. The lowest BCUT2D eigenvalue weighted by Crippen LogP contribution is -2.44. The molecule has 206 valence electrons. The number of carbonyl (C=O) groups is 1. The summed E-state index contributed by atoms with van der Waals surface area (Å²) in [6, 6.07) is 14.5. The van der Waals surface area contributed by atoms with Gasteiger partial charge in [-0.2, -0.15) is 0 Å². The van der Waals surface area contributed by atoms with Crippen molar-refractivity contribution in [1.29, 1.82) is 0 Å². The second kappa shape index (κ2) is 11.1. The first-order chi connectivity index (χ1) is 19.5. The zero-order chi connectivity index (χ0) is 27.6. The predicted molar refractivity (Wildman–Crippen MR) is 158 cm³/mol. The van der Waals surface area contributed by atoms with E-state index < -0.39 is 0 Å². The van der Waals surface area contributed by atoms with E-state index >= 15 is 0 Å². The van der Waals surface area contributed by atoms with Gasteiger partial charge in [0.15, 0.2) is 0 Å². The number of aryl methyl sites for hydroxylation is 3. The standard InChI is InChI=1S/C31H35N7O2/c1-4-20-7-6-8-21(5-2)26(20)34-30(39)29-25-14-9-22-19-32-31(35-27(22)28(25)36-40-29)33-23-10-12-24(13-11-23)38-17-15-37(3)16-18-38/h6-8,10-13,19H,4-5,9,14-18H2,1-3H3,(H,34,39)(H,32,33,35). The summed E-state index contributed by atoms with van der Waals surface area (Å²) in [6.07, 6.45) is 4.86. The highest BCUT2D eigenvalue weighted by Crippen LogP contribution is 2.35. The topological polar surface area (TPSA) is 99.4 Å². The number of amides is 1. The zero-order valence-corrected chi connectivity index (χ0v) is 23.3. The zero-order valence-electron chi connectivity index (χ0n) is 23.3. The number of fused-ring (bicyclic) bond motifs is 3. The number of nitrogens with one attached hydrogen (secondary N) is 2. The van der Waals surface area contributed by atoms with Crippen LogP contribution in [-0.4, -0.2) is 59.2 Å². The Hall–Kier alpha value is -4.24. The second-order valence-corrected chi connectivity index (χ2v) is 10.5. The van der Waals surface area contributed by atoms with Gasteiger partial charge in [0.05, 0.1) is 0 Å². The average Bonchev–Trinajstić information content (AvgIpc) is 3.43. The van der Waals surface area contributed by atoms with Gasteiger partial charge in [-0.05, 0) is 73.7 Å². The van der Waals surface area contributed by atoms with Gasteiger partial charge in [-0.15, -0.1) is 0 Å². The molecule has 4 aromatic rings. The minimum Gasteiger partial charge on any atom is -0.369 e. The second-order valence-electron chi connectivity index (χ2n) is 10.5. The van der Waals surface area contributed by atoms with Crippen LogP contribution in [0.3, 0.4) is 0 Å². The maximum Gasteiger partial charge on any atom is 0.294 e. The first kappa shape index (κ1) is 26.0. The van der Waals surface area contributed by atoms with Gasteiger partial charge in [-0.3, -0.25) is 4.79 Å². The van der Waals surface area contributed by atoms with Gasteiger partial charge in [0.1, 0.15) is 11.4 Å². The van der Waals surface area contributed by atoms with Crippen molar-refractivity contribution in [3.8, 4) is 11.4 Å². The molecule has 1 aliphatic carbocycles. The first-order valence-electron chi connectivity index (χ1n) is 14.1. The van der Waals surface area contributed by atoms with Crippen molar-refractivity contribution < 1.29 is 9.32 Å². The average molecular weight is 538 g/mol. The Balaban J connectivity index is 1.21. The van der Waals surface area contributed by atoms with Crippen molar-refractivity contribution in [3.05, 3.63) is 76.7 Å². The maximum atomic E-state index is 13.4. The summed E-state index contributed by atoms with van der Waals surface area (Å²) >= 11 is 0. The van der Waals surface area contributed by atoms with Crippen LogP contribution in [0.4, 0.5) is 23.0 Å². The quantitative estimate of drug-likeness (QED) is 0.336. The van der Waals surface area contributed by atoms with Crippen molar-refractivity contribution in [2.45, 2.75) is 39.5 Å². The summed E-state index contributed by atoms with van der Waals surface area (Å²) < 4.78 is 5.64. The van der Waals surface area contributed by atoms with Crippen LogP contribution < -0.4 is 15.5 Å². The molecule has 2 aromatic carbocycles. The smallest absolute Gasteiger partial charge is 0.294 e. The van der Waals surface area contributed by atoms with E-state index in [1.165, 1.54) is 5.69 Å². The molecule has 1 saturated heterocycles. The molecular formula is C31H35N7O2. The Morgan fingerprint density at radius 2 is 1.68 bits per heavy atom. The third-order valence-corrected chi connectivity index (χ3v) is 7.96. The van der Waals surface area contributed by atoms with Crippen LogP contribution in [0.25, 0.3) is 11.4 Å². The van der Waals surface area contributed by atoms with Gasteiger partial charge in [-0.1, -0.05) is 37.2 Å². The van der Waals surface area contributed by atoms with Gasteiger partial charge >= 0.3 is 0 Å². The van der Waals surface area contributed by atoms with Crippen LogP contribution >= 0.6 is 0 Å². The molecule has 1 amide bonds. The fourth-order valence-corrected chi connectivity index (χ4v) is 5.54. The number of carbonyl (C=O) groups excluding carboxylic acids is 1. The lowest BCUT2D eigenvalue weighted by atomic mass is 9.93. The number of piperazine rings is 1. The lowest BCUT2D eigenvalue weighted by Gasteiger charge is -2.34. The van der Waals surface area contributed by atoms with E-state index in [0.29, 0.717) is 23.8 Å². The van der Waals surface area contributed by atoms with Crippen LogP contribution in [0.15, 0.2) is 53.2 Å². The van der Waals surface area contributed by atoms with E-state index in [0.717, 1.165) is 79.1 Å². The fourth-order valence-electron chi connectivity index (χ4n) is 5.54. The summed E-state index contributed by atoms with van der Waals surface area (Å²) in [5, 5.41) is 10.7. The number of anilines is 4. The van der Waals surface area contributed by atoms with Gasteiger partial charge in [0.25, 0.3) is 5.91 Å². The number of hydrogen-bond donors (Lipinski definition) is 2. The van der Waals surface area contributed by atoms with Crippen molar-refractivity contribution in [2.75, 3.05) is 48.8 Å². The Bertz CT molecular complexity index is 1500. The van der Waals surface area contributed by atoms with Crippen molar-refractivity contribution in [3.63, 3.8) is 0 Å². The lowest BCUT2D eigenvalue weighted by molar-refractivity contribution is 0.0986. The number of para-hydroxylation sites is 1. The molecule has 0 radical (unpaired) electrons. The summed E-state index contributed by atoms with van der Waals surface area (Å²) in [5.74, 6) is 0.458. The van der Waals surface area contributed by atoms with Crippen LogP contribution in [0, 0.1) is 0 Å². The van der Waals surface area contributed by atoms with E-state index in [1.807, 2.05) is 24.4 Å². The summed E-state index contributed by atoms with van der Waals surface area (Å²) in [4.78, 5) is 27.5. The molecule has 2 aliphatic rings. The molecule has 0 atom stereocenters. The van der Waals surface area contributed by atoms with E-state index in [4.69, 9.17) is 9.51 Å². The Morgan fingerprint density at radius 3 is 2.38 bits per heavy atom. The molecule has 40 heavy (non-hydrogen) atoms. The van der Waals surface area contributed by atoms with Crippen LogP contribution in [0.1, 0.15) is 46.7 Å². The molecule has 0 unspecified atom stereocenters. The molecule has 2 N–H and O–H groups in total. The summed E-state index contributed by atoms with van der Waals surface area (Å²) in [5.41, 5.74) is 8.31. The highest BCUT2D eigenvalue weighted by Gasteiger charge is 2.30. The van der Waals surface area contributed by atoms with Crippen LogP contribution in [0.5, 0.6) is 0 Å². The van der Waals surface area contributed by atoms with Gasteiger partial charge in [0, 0.05) is 55.0 Å². The molecule has 3 heterocycles. The Morgan fingerprint density at radius 1 is 0.950 bits per heavy atom. The normalized spacial score (nSPS) is 14.9. The number of likely N-dealkylation sites (N-methyl/N-ethyl adjacent to an activating group) is 1.